The molecule has 4 heteroatoms. The minimum atomic E-state index is -0.171. The highest BCUT2D eigenvalue weighted by atomic mass is 79.9. The van der Waals surface area contributed by atoms with Crippen LogP contribution in [0.15, 0.2) is 37.6 Å². The number of hydrogen-bond donors (Lipinski definition) is 1. The molecule has 2 rings (SSSR count). The lowest BCUT2D eigenvalue weighted by Gasteiger charge is -2.13. The average molecular weight is 359 g/mol. The Labute approximate surface area is 117 Å². The third kappa shape index (κ3) is 2.64. The number of aryl methyl sites for hydroxylation is 2. The first-order chi connectivity index (χ1) is 7.99. The maximum Gasteiger partial charge on any atom is 0.106 e. The highest BCUT2D eigenvalue weighted by Crippen LogP contribution is 2.31. The van der Waals surface area contributed by atoms with Crippen LogP contribution in [0.2, 0.25) is 0 Å². The highest BCUT2D eigenvalue weighted by molar-refractivity contribution is 9.11. The largest absolute Gasteiger partial charge is 0.466 e. The summed E-state index contributed by atoms with van der Waals surface area (Å²) in [5.74, 6) is 1.77. The summed E-state index contributed by atoms with van der Waals surface area (Å²) in [7, 11) is 0. The van der Waals surface area contributed by atoms with E-state index in [0.29, 0.717) is 0 Å². The Morgan fingerprint density at radius 3 is 2.35 bits per heavy atom. The lowest BCUT2D eigenvalue weighted by molar-refractivity contribution is 0.499. The van der Waals surface area contributed by atoms with Gasteiger partial charge < -0.3 is 10.2 Å². The Kier molecular flexibility index (Phi) is 3.76. The summed E-state index contributed by atoms with van der Waals surface area (Å²) in [6.45, 7) is 3.87. The lowest BCUT2D eigenvalue weighted by Crippen LogP contribution is -2.12. The van der Waals surface area contributed by atoms with Crippen molar-refractivity contribution in [1.29, 1.82) is 0 Å². The summed E-state index contributed by atoms with van der Waals surface area (Å²) in [6, 6.07) is 7.82. The molecule has 1 heterocycles. The third-order valence-corrected chi connectivity index (χ3v) is 3.89. The van der Waals surface area contributed by atoms with E-state index in [4.69, 9.17) is 10.2 Å². The zero-order valence-electron chi connectivity index (χ0n) is 9.63. The Morgan fingerprint density at radius 1 is 1.12 bits per heavy atom. The van der Waals surface area contributed by atoms with Gasteiger partial charge in [-0.15, -0.1) is 0 Å². The summed E-state index contributed by atoms with van der Waals surface area (Å²) in [5.41, 5.74) is 8.36. The summed E-state index contributed by atoms with van der Waals surface area (Å²) in [4.78, 5) is 0. The van der Waals surface area contributed by atoms with Crippen molar-refractivity contribution in [2.24, 2.45) is 5.73 Å². The normalized spacial score (nSPS) is 12.8. The van der Waals surface area contributed by atoms with Gasteiger partial charge in [0.2, 0.25) is 0 Å². The number of benzene rings is 1. The van der Waals surface area contributed by atoms with Crippen LogP contribution >= 0.6 is 31.9 Å². The van der Waals surface area contributed by atoms with Gasteiger partial charge in [0.15, 0.2) is 0 Å². The second kappa shape index (κ2) is 4.96. The van der Waals surface area contributed by atoms with E-state index in [1.165, 1.54) is 0 Å². The fraction of sp³-hybridized carbons (Fsp3) is 0.231. The number of halogens is 2. The van der Waals surface area contributed by atoms with Gasteiger partial charge in [-0.05, 0) is 37.6 Å². The molecule has 0 saturated carbocycles. The van der Waals surface area contributed by atoms with Crippen LogP contribution < -0.4 is 5.73 Å². The van der Waals surface area contributed by atoms with Crippen molar-refractivity contribution in [2.75, 3.05) is 0 Å². The van der Waals surface area contributed by atoms with Gasteiger partial charge in [0, 0.05) is 14.5 Å². The molecule has 0 aliphatic carbocycles. The van der Waals surface area contributed by atoms with Crippen LogP contribution in [0.1, 0.15) is 28.7 Å². The van der Waals surface area contributed by atoms with Gasteiger partial charge in [-0.3, -0.25) is 0 Å². The van der Waals surface area contributed by atoms with E-state index in [1.54, 1.807) is 0 Å². The Bertz CT molecular complexity index is 548. The molecule has 2 nitrogen and oxygen atoms in total. The first-order valence-electron chi connectivity index (χ1n) is 5.26. The topological polar surface area (TPSA) is 39.2 Å². The SMILES string of the molecule is Cc1cc(C(N)c2ccc(Br)cc2Br)c(C)o1. The van der Waals surface area contributed by atoms with E-state index in [9.17, 15) is 0 Å². The summed E-state index contributed by atoms with van der Waals surface area (Å²) in [6.07, 6.45) is 0. The quantitative estimate of drug-likeness (QED) is 0.860. The Balaban J connectivity index is 2.43. The molecule has 0 saturated heterocycles. The van der Waals surface area contributed by atoms with Crippen molar-refractivity contribution in [3.63, 3.8) is 0 Å². The molecule has 0 aliphatic rings. The van der Waals surface area contributed by atoms with E-state index < -0.39 is 0 Å². The molecule has 0 fully saturated rings. The molecule has 2 aromatic rings. The predicted molar refractivity (Wildman–Crippen MR) is 76.1 cm³/mol. The van der Waals surface area contributed by atoms with Crippen molar-refractivity contribution in [1.82, 2.24) is 0 Å². The fourth-order valence-electron chi connectivity index (χ4n) is 1.88. The van der Waals surface area contributed by atoms with Crippen LogP contribution in [0.4, 0.5) is 0 Å². The second-order valence-electron chi connectivity index (χ2n) is 4.01. The molecule has 90 valence electrons. The van der Waals surface area contributed by atoms with E-state index in [0.717, 1.165) is 31.6 Å². The molecule has 1 aromatic carbocycles. The zero-order chi connectivity index (χ0) is 12.6. The molecule has 1 aromatic heterocycles. The van der Waals surface area contributed by atoms with Crippen LogP contribution in [-0.4, -0.2) is 0 Å². The maximum absolute atomic E-state index is 6.28. The van der Waals surface area contributed by atoms with Crippen LogP contribution in [-0.2, 0) is 0 Å². The number of hydrogen-bond acceptors (Lipinski definition) is 2. The molecule has 2 N–H and O–H groups in total. The van der Waals surface area contributed by atoms with Crippen molar-refractivity contribution >= 4 is 31.9 Å². The second-order valence-corrected chi connectivity index (χ2v) is 5.78. The van der Waals surface area contributed by atoms with Gasteiger partial charge in [-0.2, -0.15) is 0 Å². The molecule has 0 aliphatic heterocycles. The summed E-state index contributed by atoms with van der Waals surface area (Å²) >= 11 is 6.97. The standard InChI is InChI=1S/C13H13Br2NO/c1-7-5-11(8(2)17-7)13(16)10-4-3-9(14)6-12(10)15/h3-6,13H,16H2,1-2H3. The molecule has 0 bridgehead atoms. The Hall–Kier alpha value is -0.580. The minimum Gasteiger partial charge on any atom is -0.466 e. The summed E-state index contributed by atoms with van der Waals surface area (Å²) in [5, 5.41) is 0. The molecule has 0 spiro atoms. The van der Waals surface area contributed by atoms with Gasteiger partial charge >= 0.3 is 0 Å². The average Bonchev–Trinajstić information content (AvgIpc) is 2.57. The number of rotatable bonds is 2. The van der Waals surface area contributed by atoms with Crippen LogP contribution in [0, 0.1) is 13.8 Å². The van der Waals surface area contributed by atoms with Gasteiger partial charge in [0.05, 0.1) is 6.04 Å². The predicted octanol–water partition coefficient (Wildman–Crippen LogP) is 4.47. The summed E-state index contributed by atoms with van der Waals surface area (Å²) < 4.78 is 7.54. The van der Waals surface area contributed by atoms with Crippen LogP contribution in [0.3, 0.4) is 0 Å². The Morgan fingerprint density at radius 2 is 1.82 bits per heavy atom. The highest BCUT2D eigenvalue weighted by Gasteiger charge is 2.17. The van der Waals surface area contributed by atoms with Crippen LogP contribution in [0.5, 0.6) is 0 Å². The van der Waals surface area contributed by atoms with Gasteiger partial charge in [-0.1, -0.05) is 37.9 Å². The lowest BCUT2D eigenvalue weighted by atomic mass is 10.00. The van der Waals surface area contributed by atoms with E-state index >= 15 is 0 Å². The minimum absolute atomic E-state index is 0.171. The smallest absolute Gasteiger partial charge is 0.106 e. The van der Waals surface area contributed by atoms with E-state index in [2.05, 4.69) is 31.9 Å². The van der Waals surface area contributed by atoms with Crippen molar-refractivity contribution in [2.45, 2.75) is 19.9 Å². The first kappa shape index (κ1) is 12.9. The maximum atomic E-state index is 6.28. The number of nitrogens with two attached hydrogens (primary N) is 1. The van der Waals surface area contributed by atoms with Crippen molar-refractivity contribution in [3.8, 4) is 0 Å². The van der Waals surface area contributed by atoms with Gasteiger partial charge in [-0.25, -0.2) is 0 Å². The zero-order valence-corrected chi connectivity index (χ0v) is 12.8. The molecule has 17 heavy (non-hydrogen) atoms. The number of furan rings is 1. The van der Waals surface area contributed by atoms with Gasteiger partial charge in [0.1, 0.15) is 11.5 Å². The molecule has 1 atom stereocenters. The van der Waals surface area contributed by atoms with E-state index in [-0.39, 0.29) is 6.04 Å². The van der Waals surface area contributed by atoms with Gasteiger partial charge in [0.25, 0.3) is 0 Å². The third-order valence-electron chi connectivity index (χ3n) is 2.71. The van der Waals surface area contributed by atoms with Crippen molar-refractivity contribution < 1.29 is 4.42 Å². The molecular formula is C13H13Br2NO. The van der Waals surface area contributed by atoms with Crippen LogP contribution in [0.25, 0.3) is 0 Å². The van der Waals surface area contributed by atoms with Crippen molar-refractivity contribution in [3.05, 3.63) is 55.9 Å². The molecule has 0 radical (unpaired) electrons. The molecular weight excluding hydrogens is 346 g/mol. The first-order valence-corrected chi connectivity index (χ1v) is 6.85. The molecule has 0 amide bonds. The monoisotopic (exact) mass is 357 g/mol. The van der Waals surface area contributed by atoms with E-state index in [1.807, 2.05) is 38.1 Å². The fourth-order valence-corrected chi connectivity index (χ4v) is 3.17. The molecule has 1 unspecified atom stereocenters.